The molecule has 0 N–H and O–H groups in total. The minimum Gasteiger partial charge on any atom is -0.493 e. The van der Waals surface area contributed by atoms with E-state index in [9.17, 15) is 0 Å². The van der Waals surface area contributed by atoms with Gasteiger partial charge in [-0.1, -0.05) is 41.1 Å². The maximum Gasteiger partial charge on any atom is 0.119 e. The molecule has 0 aliphatic rings. The van der Waals surface area contributed by atoms with Crippen LogP contribution in [0.25, 0.3) is 0 Å². The molecule has 13 heavy (non-hydrogen) atoms. The van der Waals surface area contributed by atoms with Crippen molar-refractivity contribution in [1.29, 1.82) is 0 Å². The van der Waals surface area contributed by atoms with Crippen molar-refractivity contribution in [2.24, 2.45) is 5.92 Å². The van der Waals surface area contributed by atoms with Gasteiger partial charge in [0, 0.05) is 5.33 Å². The number of hydrogen-bond donors (Lipinski definition) is 0. The summed E-state index contributed by atoms with van der Waals surface area (Å²) in [6, 6.07) is 9.95. The lowest BCUT2D eigenvalue weighted by molar-refractivity contribution is 0.257. The van der Waals surface area contributed by atoms with Crippen LogP contribution in [-0.4, -0.2) is 11.9 Å². The molecular formula is C11H15BrO. The monoisotopic (exact) mass is 242 g/mol. The molecular weight excluding hydrogens is 228 g/mol. The molecule has 1 unspecified atom stereocenters. The minimum absolute atomic E-state index is 0.611. The van der Waals surface area contributed by atoms with Gasteiger partial charge in [-0.3, -0.25) is 0 Å². The van der Waals surface area contributed by atoms with Crippen LogP contribution in [0.15, 0.2) is 30.3 Å². The highest BCUT2D eigenvalue weighted by Crippen LogP contribution is 2.11. The van der Waals surface area contributed by atoms with E-state index in [1.807, 2.05) is 30.3 Å². The van der Waals surface area contributed by atoms with Crippen molar-refractivity contribution < 1.29 is 4.74 Å². The molecule has 0 bridgehead atoms. The Bertz CT molecular complexity index is 223. The summed E-state index contributed by atoms with van der Waals surface area (Å²) in [6.45, 7) is 3.00. The first-order chi connectivity index (χ1) is 6.33. The van der Waals surface area contributed by atoms with Crippen LogP contribution in [0.4, 0.5) is 0 Å². The summed E-state index contributed by atoms with van der Waals surface area (Å²) in [5.74, 6) is 1.57. The minimum atomic E-state index is 0.611. The molecule has 0 saturated carbocycles. The second-order valence-electron chi connectivity index (χ2n) is 3.21. The average Bonchev–Trinajstić information content (AvgIpc) is 2.17. The van der Waals surface area contributed by atoms with Gasteiger partial charge < -0.3 is 4.74 Å². The molecule has 1 rings (SSSR count). The highest BCUT2D eigenvalue weighted by Gasteiger charge is 2.01. The van der Waals surface area contributed by atoms with E-state index >= 15 is 0 Å². The number of benzene rings is 1. The van der Waals surface area contributed by atoms with Gasteiger partial charge in [-0.25, -0.2) is 0 Å². The van der Waals surface area contributed by atoms with Crippen LogP contribution in [0.1, 0.15) is 13.3 Å². The zero-order valence-corrected chi connectivity index (χ0v) is 9.46. The molecule has 0 aliphatic carbocycles. The molecule has 0 aromatic heterocycles. The molecule has 0 saturated heterocycles. The van der Waals surface area contributed by atoms with Crippen molar-refractivity contribution in [3.63, 3.8) is 0 Å². The molecule has 0 aliphatic heterocycles. The van der Waals surface area contributed by atoms with Crippen LogP contribution in [0, 0.1) is 5.92 Å². The van der Waals surface area contributed by atoms with E-state index in [-0.39, 0.29) is 0 Å². The fourth-order valence-electron chi connectivity index (χ4n) is 1.02. The number of hydrogen-bond acceptors (Lipinski definition) is 1. The molecule has 0 amide bonds. The van der Waals surface area contributed by atoms with Gasteiger partial charge in [0.15, 0.2) is 0 Å². The fraction of sp³-hybridized carbons (Fsp3) is 0.455. The molecule has 1 nitrogen and oxygen atoms in total. The zero-order chi connectivity index (χ0) is 9.52. The van der Waals surface area contributed by atoms with Crippen LogP contribution >= 0.6 is 15.9 Å². The molecule has 0 spiro atoms. The van der Waals surface area contributed by atoms with Crippen LogP contribution in [0.2, 0.25) is 0 Å². The van der Waals surface area contributed by atoms with Crippen LogP contribution in [0.3, 0.4) is 0 Å². The van der Waals surface area contributed by atoms with Crippen LogP contribution in [-0.2, 0) is 0 Å². The van der Waals surface area contributed by atoms with Crippen molar-refractivity contribution >= 4 is 15.9 Å². The third kappa shape index (κ3) is 4.32. The third-order valence-electron chi connectivity index (χ3n) is 1.88. The van der Waals surface area contributed by atoms with Crippen molar-refractivity contribution in [1.82, 2.24) is 0 Å². The Morgan fingerprint density at radius 3 is 2.62 bits per heavy atom. The Morgan fingerprint density at radius 2 is 2.00 bits per heavy atom. The van der Waals surface area contributed by atoms with Gasteiger partial charge >= 0.3 is 0 Å². The number of ether oxygens (including phenoxy) is 1. The van der Waals surface area contributed by atoms with Gasteiger partial charge in [0.1, 0.15) is 5.75 Å². The number of halogens is 1. The van der Waals surface area contributed by atoms with Crippen LogP contribution < -0.4 is 4.74 Å². The van der Waals surface area contributed by atoms with Crippen molar-refractivity contribution in [2.75, 3.05) is 11.9 Å². The Labute approximate surface area is 88.2 Å². The third-order valence-corrected chi connectivity index (χ3v) is 2.34. The van der Waals surface area contributed by atoms with E-state index in [2.05, 4.69) is 22.9 Å². The summed E-state index contributed by atoms with van der Waals surface area (Å²) in [4.78, 5) is 0. The Morgan fingerprint density at radius 1 is 1.31 bits per heavy atom. The second kappa shape index (κ2) is 6.03. The van der Waals surface area contributed by atoms with E-state index in [1.54, 1.807) is 0 Å². The van der Waals surface area contributed by atoms with E-state index in [0.29, 0.717) is 5.92 Å². The predicted molar refractivity (Wildman–Crippen MR) is 59.5 cm³/mol. The second-order valence-corrected chi connectivity index (χ2v) is 4.00. The van der Waals surface area contributed by atoms with E-state index < -0.39 is 0 Å². The lowest BCUT2D eigenvalue weighted by atomic mass is 10.1. The summed E-state index contributed by atoms with van der Waals surface area (Å²) in [6.07, 6.45) is 1.16. The Kier molecular flexibility index (Phi) is 4.91. The summed E-state index contributed by atoms with van der Waals surface area (Å²) >= 11 is 3.42. The first kappa shape index (κ1) is 10.6. The fourth-order valence-corrected chi connectivity index (χ4v) is 1.81. The summed E-state index contributed by atoms with van der Waals surface area (Å²) in [7, 11) is 0. The molecule has 72 valence electrons. The molecule has 2 heteroatoms. The molecule has 0 radical (unpaired) electrons. The molecule has 1 aromatic rings. The Hall–Kier alpha value is -0.500. The highest BCUT2D eigenvalue weighted by molar-refractivity contribution is 9.09. The van der Waals surface area contributed by atoms with E-state index in [4.69, 9.17) is 4.74 Å². The largest absolute Gasteiger partial charge is 0.493 e. The zero-order valence-electron chi connectivity index (χ0n) is 7.87. The number of alkyl halides is 1. The van der Waals surface area contributed by atoms with Gasteiger partial charge in [-0.2, -0.15) is 0 Å². The standard InChI is InChI=1S/C11H15BrO/c1-10(7-8-12)9-13-11-5-3-2-4-6-11/h2-6,10H,7-9H2,1H3. The summed E-state index contributed by atoms with van der Waals surface area (Å²) in [5.41, 5.74) is 0. The smallest absolute Gasteiger partial charge is 0.119 e. The Balaban J connectivity index is 2.27. The quantitative estimate of drug-likeness (QED) is 0.719. The highest BCUT2D eigenvalue weighted by atomic mass is 79.9. The van der Waals surface area contributed by atoms with Crippen molar-refractivity contribution in [3.8, 4) is 5.75 Å². The van der Waals surface area contributed by atoms with Gasteiger partial charge in [-0.15, -0.1) is 0 Å². The molecule has 1 aromatic carbocycles. The van der Waals surface area contributed by atoms with Gasteiger partial charge in [0.05, 0.1) is 6.61 Å². The van der Waals surface area contributed by atoms with E-state index in [1.165, 1.54) is 0 Å². The maximum absolute atomic E-state index is 5.60. The van der Waals surface area contributed by atoms with E-state index in [0.717, 1.165) is 24.1 Å². The summed E-state index contributed by atoms with van der Waals surface area (Å²) in [5, 5.41) is 1.05. The maximum atomic E-state index is 5.60. The van der Waals surface area contributed by atoms with Gasteiger partial charge in [0.2, 0.25) is 0 Å². The first-order valence-corrected chi connectivity index (χ1v) is 5.69. The topological polar surface area (TPSA) is 9.23 Å². The number of para-hydroxylation sites is 1. The van der Waals surface area contributed by atoms with Gasteiger partial charge in [0.25, 0.3) is 0 Å². The lowest BCUT2D eigenvalue weighted by Crippen LogP contribution is -2.08. The predicted octanol–water partition coefficient (Wildman–Crippen LogP) is 3.49. The van der Waals surface area contributed by atoms with Gasteiger partial charge in [-0.05, 0) is 24.5 Å². The first-order valence-electron chi connectivity index (χ1n) is 4.56. The van der Waals surface area contributed by atoms with Crippen molar-refractivity contribution in [3.05, 3.63) is 30.3 Å². The SMILES string of the molecule is CC(CCBr)COc1ccccc1. The molecule has 1 atom stereocenters. The lowest BCUT2D eigenvalue weighted by Gasteiger charge is -2.11. The summed E-state index contributed by atoms with van der Waals surface area (Å²) < 4.78 is 5.60. The average molecular weight is 243 g/mol. The van der Waals surface area contributed by atoms with Crippen molar-refractivity contribution in [2.45, 2.75) is 13.3 Å². The molecule has 0 heterocycles. The number of rotatable bonds is 5. The normalized spacial score (nSPS) is 12.5. The van der Waals surface area contributed by atoms with Crippen LogP contribution in [0.5, 0.6) is 5.75 Å². The molecule has 0 fully saturated rings.